The Hall–Kier alpha value is -0.160. The Kier molecular flexibility index (Phi) is 4.19. The molecule has 0 amide bonds. The minimum absolute atomic E-state index is 0.0387. The van der Waals surface area contributed by atoms with Gasteiger partial charge in [-0.05, 0) is 19.3 Å². The minimum Gasteiger partial charge on any atom is -0.381 e. The Morgan fingerprint density at radius 3 is 2.69 bits per heavy atom. The van der Waals surface area contributed by atoms with E-state index in [1.54, 1.807) is 0 Å². The normalized spacial score (nSPS) is 31.5. The van der Waals surface area contributed by atoms with E-state index in [4.69, 9.17) is 15.2 Å². The van der Waals surface area contributed by atoms with Gasteiger partial charge in [0, 0.05) is 37.9 Å². The zero-order valence-corrected chi connectivity index (χ0v) is 10.3. The number of morpholine rings is 1. The summed E-state index contributed by atoms with van der Waals surface area (Å²) < 4.78 is 10.9. The summed E-state index contributed by atoms with van der Waals surface area (Å²) in [6.07, 6.45) is 3.12. The monoisotopic (exact) mass is 228 g/mol. The second kappa shape index (κ2) is 5.45. The van der Waals surface area contributed by atoms with E-state index in [0.29, 0.717) is 6.04 Å². The number of ether oxygens (including phenoxy) is 2. The molecule has 2 heterocycles. The lowest BCUT2D eigenvalue weighted by molar-refractivity contribution is -0.0325. The van der Waals surface area contributed by atoms with Gasteiger partial charge >= 0.3 is 0 Å². The lowest BCUT2D eigenvalue weighted by atomic mass is 9.90. The second-order valence-corrected chi connectivity index (χ2v) is 5.08. The summed E-state index contributed by atoms with van der Waals surface area (Å²) in [6.45, 7) is 7.59. The second-order valence-electron chi connectivity index (χ2n) is 5.08. The predicted molar refractivity (Wildman–Crippen MR) is 63.4 cm³/mol. The van der Waals surface area contributed by atoms with Crippen LogP contribution in [0.5, 0.6) is 0 Å². The molecule has 0 radical (unpaired) electrons. The van der Waals surface area contributed by atoms with Crippen molar-refractivity contribution in [3.8, 4) is 0 Å². The first kappa shape index (κ1) is 12.3. The summed E-state index contributed by atoms with van der Waals surface area (Å²) >= 11 is 0. The maximum absolute atomic E-state index is 6.44. The van der Waals surface area contributed by atoms with Crippen molar-refractivity contribution in [2.75, 3.05) is 39.5 Å². The maximum Gasteiger partial charge on any atom is 0.0622 e. The fraction of sp³-hybridized carbons (Fsp3) is 1.00. The predicted octanol–water partition coefficient (Wildman–Crippen LogP) is 0.605. The van der Waals surface area contributed by atoms with Crippen LogP contribution in [0.2, 0.25) is 0 Å². The van der Waals surface area contributed by atoms with E-state index >= 15 is 0 Å². The molecular formula is C12H24N2O2. The maximum atomic E-state index is 6.44. The lowest BCUT2D eigenvalue weighted by Gasteiger charge is -2.42. The third kappa shape index (κ3) is 2.94. The first-order valence-corrected chi connectivity index (χ1v) is 6.42. The van der Waals surface area contributed by atoms with Gasteiger partial charge in [-0.15, -0.1) is 0 Å². The summed E-state index contributed by atoms with van der Waals surface area (Å²) in [5.41, 5.74) is 6.41. The summed E-state index contributed by atoms with van der Waals surface area (Å²) in [5.74, 6) is 0. The Morgan fingerprint density at radius 1 is 1.25 bits per heavy atom. The van der Waals surface area contributed by atoms with Gasteiger partial charge in [0.15, 0.2) is 0 Å². The van der Waals surface area contributed by atoms with Crippen LogP contribution < -0.4 is 5.73 Å². The quantitative estimate of drug-likeness (QED) is 0.768. The molecule has 1 unspecified atom stereocenters. The molecule has 2 rings (SSSR count). The van der Waals surface area contributed by atoms with Crippen LogP contribution >= 0.6 is 0 Å². The van der Waals surface area contributed by atoms with Gasteiger partial charge in [-0.2, -0.15) is 0 Å². The molecule has 0 spiro atoms. The Morgan fingerprint density at radius 2 is 2.00 bits per heavy atom. The SMILES string of the molecule is CCC1COCCN1CC1(N)CCOCC1. The highest BCUT2D eigenvalue weighted by Crippen LogP contribution is 2.21. The largest absolute Gasteiger partial charge is 0.381 e. The minimum atomic E-state index is -0.0387. The van der Waals surface area contributed by atoms with Crippen molar-refractivity contribution in [2.24, 2.45) is 5.73 Å². The van der Waals surface area contributed by atoms with Crippen molar-refractivity contribution < 1.29 is 9.47 Å². The zero-order chi connectivity index (χ0) is 11.4. The number of hydrogen-bond donors (Lipinski definition) is 1. The highest BCUT2D eigenvalue weighted by Gasteiger charge is 2.33. The fourth-order valence-corrected chi connectivity index (χ4v) is 2.61. The van der Waals surface area contributed by atoms with Crippen molar-refractivity contribution in [1.82, 2.24) is 4.90 Å². The summed E-state index contributed by atoms with van der Waals surface area (Å²) in [6, 6.07) is 0.553. The van der Waals surface area contributed by atoms with E-state index in [-0.39, 0.29) is 5.54 Å². The molecule has 16 heavy (non-hydrogen) atoms. The van der Waals surface area contributed by atoms with Gasteiger partial charge in [-0.25, -0.2) is 0 Å². The molecule has 0 aromatic carbocycles. The molecule has 2 saturated heterocycles. The summed E-state index contributed by atoms with van der Waals surface area (Å²) in [7, 11) is 0. The molecule has 0 aromatic rings. The molecule has 0 aromatic heterocycles. The van der Waals surface area contributed by atoms with E-state index in [2.05, 4.69) is 11.8 Å². The molecule has 94 valence electrons. The average Bonchev–Trinajstić information content (AvgIpc) is 2.30. The Balaban J connectivity index is 1.90. The number of hydrogen-bond acceptors (Lipinski definition) is 4. The number of rotatable bonds is 3. The zero-order valence-electron chi connectivity index (χ0n) is 10.3. The Labute approximate surface area is 98.1 Å². The number of nitrogens with zero attached hydrogens (tertiary/aromatic N) is 1. The highest BCUT2D eigenvalue weighted by molar-refractivity contribution is 4.91. The van der Waals surface area contributed by atoms with Crippen molar-refractivity contribution >= 4 is 0 Å². The molecule has 2 aliphatic heterocycles. The Bertz CT molecular complexity index is 217. The van der Waals surface area contributed by atoms with Gasteiger partial charge in [0.05, 0.1) is 13.2 Å². The van der Waals surface area contributed by atoms with Gasteiger partial charge in [0.1, 0.15) is 0 Å². The van der Waals surface area contributed by atoms with E-state index in [9.17, 15) is 0 Å². The van der Waals surface area contributed by atoms with Crippen LogP contribution in [0.3, 0.4) is 0 Å². The van der Waals surface area contributed by atoms with Crippen LogP contribution in [-0.2, 0) is 9.47 Å². The first-order valence-electron chi connectivity index (χ1n) is 6.42. The topological polar surface area (TPSA) is 47.7 Å². The van der Waals surface area contributed by atoms with Crippen LogP contribution in [0.15, 0.2) is 0 Å². The van der Waals surface area contributed by atoms with Crippen LogP contribution in [0.1, 0.15) is 26.2 Å². The van der Waals surface area contributed by atoms with Gasteiger partial charge in [-0.3, -0.25) is 4.90 Å². The van der Waals surface area contributed by atoms with E-state index in [1.807, 2.05) is 0 Å². The molecule has 4 heteroatoms. The van der Waals surface area contributed by atoms with Crippen LogP contribution in [0.25, 0.3) is 0 Å². The van der Waals surface area contributed by atoms with Crippen LogP contribution in [0, 0.1) is 0 Å². The van der Waals surface area contributed by atoms with E-state index < -0.39 is 0 Å². The van der Waals surface area contributed by atoms with Gasteiger partial charge < -0.3 is 15.2 Å². The molecule has 0 aliphatic carbocycles. The molecule has 2 fully saturated rings. The molecular weight excluding hydrogens is 204 g/mol. The lowest BCUT2D eigenvalue weighted by Crippen LogP contribution is -2.58. The third-order valence-electron chi connectivity index (χ3n) is 3.83. The molecule has 1 atom stereocenters. The van der Waals surface area contributed by atoms with Gasteiger partial charge in [0.2, 0.25) is 0 Å². The standard InChI is InChI=1S/C12H24N2O2/c1-2-11-9-16-8-5-14(11)10-12(13)3-6-15-7-4-12/h11H,2-10,13H2,1H3. The molecule has 0 bridgehead atoms. The van der Waals surface area contributed by atoms with E-state index in [1.165, 1.54) is 0 Å². The number of nitrogens with two attached hydrogens (primary N) is 1. The van der Waals surface area contributed by atoms with Crippen LogP contribution in [0.4, 0.5) is 0 Å². The molecule has 0 saturated carbocycles. The van der Waals surface area contributed by atoms with Gasteiger partial charge in [-0.1, -0.05) is 6.92 Å². The third-order valence-corrected chi connectivity index (χ3v) is 3.83. The summed E-state index contributed by atoms with van der Waals surface area (Å²) in [4.78, 5) is 2.51. The average molecular weight is 228 g/mol. The van der Waals surface area contributed by atoms with Crippen LogP contribution in [-0.4, -0.2) is 56.0 Å². The summed E-state index contributed by atoms with van der Waals surface area (Å²) in [5, 5.41) is 0. The smallest absolute Gasteiger partial charge is 0.0622 e. The molecule has 4 nitrogen and oxygen atoms in total. The van der Waals surface area contributed by atoms with Gasteiger partial charge in [0.25, 0.3) is 0 Å². The van der Waals surface area contributed by atoms with E-state index in [0.717, 1.165) is 58.8 Å². The van der Waals surface area contributed by atoms with Crippen molar-refractivity contribution in [1.29, 1.82) is 0 Å². The fourth-order valence-electron chi connectivity index (χ4n) is 2.61. The van der Waals surface area contributed by atoms with Crippen molar-refractivity contribution in [3.63, 3.8) is 0 Å². The first-order chi connectivity index (χ1) is 7.73. The highest BCUT2D eigenvalue weighted by atomic mass is 16.5. The van der Waals surface area contributed by atoms with Crippen molar-refractivity contribution in [2.45, 2.75) is 37.8 Å². The molecule has 2 N–H and O–H groups in total. The molecule has 2 aliphatic rings. The van der Waals surface area contributed by atoms with Crippen molar-refractivity contribution in [3.05, 3.63) is 0 Å².